The van der Waals surface area contributed by atoms with E-state index in [-0.39, 0.29) is 14.9 Å². The maximum atomic E-state index is 12.8. The van der Waals surface area contributed by atoms with Crippen LogP contribution in [0.1, 0.15) is 10.8 Å². The van der Waals surface area contributed by atoms with Gasteiger partial charge in [0.05, 0.1) is 27.3 Å². The summed E-state index contributed by atoms with van der Waals surface area (Å²) in [4.78, 5) is 12.6. The van der Waals surface area contributed by atoms with Crippen molar-refractivity contribution in [1.29, 1.82) is 5.26 Å². The van der Waals surface area contributed by atoms with Gasteiger partial charge in [-0.1, -0.05) is 36.4 Å². The lowest BCUT2D eigenvalue weighted by atomic mass is 10.2. The number of hydrogen-bond donors (Lipinski definition) is 0. The molecule has 0 saturated carbocycles. The molecular formula is C18H12BrN3O3S. The van der Waals surface area contributed by atoms with Crippen LogP contribution in [0.5, 0.6) is 0 Å². The highest BCUT2D eigenvalue weighted by Gasteiger charge is 2.32. The van der Waals surface area contributed by atoms with Gasteiger partial charge in [0.25, 0.3) is 5.56 Å². The fourth-order valence-corrected chi connectivity index (χ4v) is 4.54. The molecule has 0 bridgehead atoms. The quantitative estimate of drug-likeness (QED) is 0.635. The zero-order valence-corrected chi connectivity index (χ0v) is 15.7. The van der Waals surface area contributed by atoms with Gasteiger partial charge in [0.1, 0.15) is 0 Å². The minimum atomic E-state index is -4.00. The highest BCUT2D eigenvalue weighted by Crippen LogP contribution is 2.31. The summed E-state index contributed by atoms with van der Waals surface area (Å²) in [6.45, 7) is 0. The van der Waals surface area contributed by atoms with Crippen LogP contribution in [0.15, 0.2) is 81.0 Å². The molecular weight excluding hydrogens is 418 g/mol. The van der Waals surface area contributed by atoms with Crippen molar-refractivity contribution in [2.75, 3.05) is 0 Å². The SMILES string of the molecule is N#C[C@H](c1cnn(-c2ccccc2)c(=O)c1Br)S(=O)(=O)c1ccccc1. The molecule has 0 radical (unpaired) electrons. The summed E-state index contributed by atoms with van der Waals surface area (Å²) in [5.41, 5.74) is -0.00470. The monoisotopic (exact) mass is 429 g/mol. The summed E-state index contributed by atoms with van der Waals surface area (Å²) in [7, 11) is -4.00. The van der Waals surface area contributed by atoms with Gasteiger partial charge >= 0.3 is 0 Å². The summed E-state index contributed by atoms with van der Waals surface area (Å²) in [6, 6.07) is 18.1. The molecule has 0 amide bonds. The molecule has 8 heteroatoms. The number of nitrogens with zero attached hydrogens (tertiary/aromatic N) is 3. The molecule has 0 aliphatic rings. The van der Waals surface area contributed by atoms with Crippen molar-refractivity contribution in [2.45, 2.75) is 10.1 Å². The summed E-state index contributed by atoms with van der Waals surface area (Å²) < 4.78 is 26.7. The molecule has 3 aromatic rings. The molecule has 3 rings (SSSR count). The molecule has 0 saturated heterocycles. The molecule has 0 aliphatic carbocycles. The molecule has 0 aliphatic heterocycles. The van der Waals surface area contributed by atoms with E-state index >= 15 is 0 Å². The van der Waals surface area contributed by atoms with E-state index in [1.54, 1.807) is 54.6 Å². The average molecular weight is 430 g/mol. The highest BCUT2D eigenvalue weighted by molar-refractivity contribution is 9.10. The van der Waals surface area contributed by atoms with Gasteiger partial charge in [0.15, 0.2) is 15.1 Å². The number of aromatic nitrogens is 2. The van der Waals surface area contributed by atoms with Crippen molar-refractivity contribution >= 4 is 25.8 Å². The number of rotatable bonds is 4. The van der Waals surface area contributed by atoms with Crippen LogP contribution < -0.4 is 5.56 Å². The van der Waals surface area contributed by atoms with E-state index in [0.717, 1.165) is 4.68 Å². The number of nitriles is 1. The standard InChI is InChI=1S/C18H12BrN3O3S/c19-17-15(12-21-22(18(17)23)13-7-3-1-4-8-13)16(11-20)26(24,25)14-9-5-2-6-10-14/h1-10,12,16H/t16-/m1/s1. The van der Waals surface area contributed by atoms with Crippen LogP contribution in [0.25, 0.3) is 5.69 Å². The lowest BCUT2D eigenvalue weighted by molar-refractivity contribution is 0.590. The Bertz CT molecular complexity index is 1140. The first-order valence-electron chi connectivity index (χ1n) is 7.48. The van der Waals surface area contributed by atoms with Crippen molar-refractivity contribution < 1.29 is 8.42 Å². The molecule has 1 aromatic heterocycles. The Hall–Kier alpha value is -2.76. The van der Waals surface area contributed by atoms with Crippen LogP contribution in [-0.4, -0.2) is 18.2 Å². The molecule has 2 aromatic carbocycles. The van der Waals surface area contributed by atoms with Gasteiger partial charge in [0, 0.05) is 5.56 Å². The third kappa shape index (κ3) is 3.19. The van der Waals surface area contributed by atoms with Crippen LogP contribution in [0.3, 0.4) is 0 Å². The van der Waals surface area contributed by atoms with Crippen LogP contribution in [0.4, 0.5) is 0 Å². The summed E-state index contributed by atoms with van der Waals surface area (Å²) >= 11 is 3.15. The van der Waals surface area contributed by atoms with Crippen LogP contribution in [-0.2, 0) is 9.84 Å². The zero-order valence-electron chi connectivity index (χ0n) is 13.3. The smallest absolute Gasteiger partial charge is 0.266 e. The van der Waals surface area contributed by atoms with Gasteiger partial charge < -0.3 is 0 Å². The highest BCUT2D eigenvalue weighted by atomic mass is 79.9. The number of benzene rings is 2. The van der Waals surface area contributed by atoms with E-state index in [1.165, 1.54) is 18.3 Å². The number of sulfone groups is 1. The van der Waals surface area contributed by atoms with Gasteiger partial charge in [-0.25, -0.2) is 8.42 Å². The Morgan fingerprint density at radius 1 is 1.04 bits per heavy atom. The first-order valence-corrected chi connectivity index (χ1v) is 9.82. The zero-order chi connectivity index (χ0) is 18.7. The van der Waals surface area contributed by atoms with Crippen molar-refractivity contribution in [3.63, 3.8) is 0 Å². The van der Waals surface area contributed by atoms with Gasteiger partial charge in [0.2, 0.25) is 0 Å². The molecule has 6 nitrogen and oxygen atoms in total. The lowest BCUT2D eigenvalue weighted by Gasteiger charge is -2.13. The second-order valence-corrected chi connectivity index (χ2v) is 8.16. The molecule has 1 heterocycles. The van der Waals surface area contributed by atoms with Crippen molar-refractivity contribution in [1.82, 2.24) is 9.78 Å². The minimum absolute atomic E-state index is 0.00527. The number of halogens is 1. The second kappa shape index (κ2) is 7.23. The first-order chi connectivity index (χ1) is 12.5. The first kappa shape index (κ1) is 18.0. The van der Waals surface area contributed by atoms with Gasteiger partial charge in [-0.15, -0.1) is 0 Å². The molecule has 0 spiro atoms. The Morgan fingerprint density at radius 2 is 1.62 bits per heavy atom. The largest absolute Gasteiger partial charge is 0.286 e. The van der Waals surface area contributed by atoms with E-state index < -0.39 is 20.6 Å². The third-order valence-corrected chi connectivity index (χ3v) is 6.43. The fourth-order valence-electron chi connectivity index (χ4n) is 2.43. The normalized spacial score (nSPS) is 12.3. The third-order valence-electron chi connectivity index (χ3n) is 3.73. The molecule has 0 fully saturated rings. The number of hydrogen-bond acceptors (Lipinski definition) is 5. The second-order valence-electron chi connectivity index (χ2n) is 5.33. The molecule has 0 N–H and O–H groups in total. The molecule has 130 valence electrons. The van der Waals surface area contributed by atoms with Gasteiger partial charge in [-0.2, -0.15) is 15.0 Å². The summed E-state index contributed by atoms with van der Waals surface area (Å²) in [6.07, 6.45) is 1.23. The van der Waals surface area contributed by atoms with Crippen molar-refractivity contribution in [3.8, 4) is 11.8 Å². The van der Waals surface area contributed by atoms with Gasteiger partial charge in [-0.05, 0) is 40.2 Å². The topological polar surface area (TPSA) is 92.8 Å². The predicted molar refractivity (Wildman–Crippen MR) is 99.5 cm³/mol. The Morgan fingerprint density at radius 3 is 2.19 bits per heavy atom. The van der Waals surface area contributed by atoms with Crippen LogP contribution in [0, 0.1) is 11.3 Å². The predicted octanol–water partition coefficient (Wildman–Crippen LogP) is 3.03. The van der Waals surface area contributed by atoms with E-state index in [1.807, 2.05) is 0 Å². The molecule has 1 atom stereocenters. The van der Waals surface area contributed by atoms with Crippen LogP contribution in [0.2, 0.25) is 0 Å². The fraction of sp³-hybridized carbons (Fsp3) is 0.0556. The molecule has 26 heavy (non-hydrogen) atoms. The maximum Gasteiger partial charge on any atom is 0.286 e. The Kier molecular flexibility index (Phi) is 5.02. The summed E-state index contributed by atoms with van der Waals surface area (Å²) in [5, 5.41) is 12.0. The maximum absolute atomic E-state index is 12.8. The van der Waals surface area contributed by atoms with E-state index in [0.29, 0.717) is 5.69 Å². The summed E-state index contributed by atoms with van der Waals surface area (Å²) in [5.74, 6) is 0. The number of para-hydroxylation sites is 1. The molecule has 0 unspecified atom stereocenters. The van der Waals surface area contributed by atoms with Crippen molar-refractivity contribution in [2.24, 2.45) is 0 Å². The van der Waals surface area contributed by atoms with E-state index in [2.05, 4.69) is 21.0 Å². The van der Waals surface area contributed by atoms with Crippen molar-refractivity contribution in [3.05, 3.63) is 87.3 Å². The van der Waals surface area contributed by atoms with E-state index in [4.69, 9.17) is 0 Å². The Balaban J connectivity index is 2.14. The minimum Gasteiger partial charge on any atom is -0.266 e. The average Bonchev–Trinajstić information content (AvgIpc) is 2.67. The van der Waals surface area contributed by atoms with Crippen LogP contribution >= 0.6 is 15.9 Å². The Labute approximate surface area is 158 Å². The lowest BCUT2D eigenvalue weighted by Crippen LogP contribution is -2.25. The van der Waals surface area contributed by atoms with Gasteiger partial charge in [-0.3, -0.25) is 4.79 Å². The van der Waals surface area contributed by atoms with E-state index in [9.17, 15) is 18.5 Å².